The van der Waals surface area contributed by atoms with E-state index in [1.54, 1.807) is 6.26 Å². The number of ketones is 1. The minimum atomic E-state index is 0.335. The molecule has 1 aliphatic heterocycles. The van der Waals surface area contributed by atoms with Crippen molar-refractivity contribution in [2.75, 3.05) is 6.61 Å². The van der Waals surface area contributed by atoms with Gasteiger partial charge < -0.3 is 4.74 Å². The molecule has 0 N–H and O–H groups in total. The Morgan fingerprint density at radius 1 is 1.03 bits per heavy atom. The van der Waals surface area contributed by atoms with Crippen LogP contribution in [0.4, 0.5) is 0 Å². The summed E-state index contributed by atoms with van der Waals surface area (Å²) < 4.78 is 4.80. The van der Waals surface area contributed by atoms with Crippen molar-refractivity contribution in [3.05, 3.63) is 70.3 Å². The zero-order chi connectivity index (χ0) is 20.2. The fraction of sp³-hybridized carbons (Fsp3) is 0.370. The van der Waals surface area contributed by atoms with Crippen molar-refractivity contribution in [3.63, 3.8) is 0 Å². The summed E-state index contributed by atoms with van der Waals surface area (Å²) >= 11 is 0. The highest BCUT2D eigenvalue weighted by molar-refractivity contribution is 6.10. The SMILES string of the molecule is C1=CCOC=C1.CCC1C=c2ccc3c4c(ccc3c2=CC1)C(CC)CCC4=O. The molecule has 0 spiro atoms. The van der Waals surface area contributed by atoms with Crippen molar-refractivity contribution < 1.29 is 9.53 Å². The monoisotopic (exact) mass is 386 g/mol. The maximum Gasteiger partial charge on any atom is 0.163 e. The van der Waals surface area contributed by atoms with Crippen molar-refractivity contribution in [1.29, 1.82) is 0 Å². The molecule has 2 aromatic rings. The summed E-state index contributed by atoms with van der Waals surface area (Å²) in [6.45, 7) is 5.21. The number of hydrogen-bond donors (Lipinski definition) is 0. The third-order valence-corrected chi connectivity index (χ3v) is 6.42. The number of Topliss-reactive ketones (excluding diaryl/α,β-unsaturated/α-hetero) is 1. The first-order valence-electron chi connectivity index (χ1n) is 11.0. The maximum absolute atomic E-state index is 12.6. The van der Waals surface area contributed by atoms with E-state index in [0.717, 1.165) is 31.4 Å². The Morgan fingerprint density at radius 2 is 1.90 bits per heavy atom. The van der Waals surface area contributed by atoms with Gasteiger partial charge in [-0.2, -0.15) is 0 Å². The van der Waals surface area contributed by atoms with Gasteiger partial charge in [0.2, 0.25) is 0 Å². The quantitative estimate of drug-likeness (QED) is 0.692. The maximum atomic E-state index is 12.6. The molecule has 2 aliphatic carbocycles. The Balaban J connectivity index is 0.000000294. The van der Waals surface area contributed by atoms with E-state index in [1.165, 1.54) is 33.2 Å². The number of carbonyl (C=O) groups is 1. The molecule has 0 bridgehead atoms. The van der Waals surface area contributed by atoms with Crippen LogP contribution in [0.5, 0.6) is 0 Å². The van der Waals surface area contributed by atoms with E-state index in [4.69, 9.17) is 4.74 Å². The van der Waals surface area contributed by atoms with Crippen LogP contribution in [-0.2, 0) is 4.74 Å². The second-order valence-corrected chi connectivity index (χ2v) is 8.13. The van der Waals surface area contributed by atoms with Crippen LogP contribution in [-0.4, -0.2) is 12.4 Å². The van der Waals surface area contributed by atoms with Crippen LogP contribution in [0.2, 0.25) is 0 Å². The first-order chi connectivity index (χ1) is 14.2. The number of benzene rings is 2. The third kappa shape index (κ3) is 3.94. The van der Waals surface area contributed by atoms with Crippen LogP contribution < -0.4 is 10.4 Å². The predicted octanol–water partition coefficient (Wildman–Crippen LogP) is 5.39. The molecule has 0 saturated heterocycles. The van der Waals surface area contributed by atoms with Gasteiger partial charge in [0.25, 0.3) is 0 Å². The molecule has 2 atom stereocenters. The summed E-state index contributed by atoms with van der Waals surface area (Å²) in [7, 11) is 0. The molecule has 1 heterocycles. The Hall–Kier alpha value is -2.61. The number of rotatable bonds is 2. The van der Waals surface area contributed by atoms with Crippen molar-refractivity contribution in [2.24, 2.45) is 5.92 Å². The van der Waals surface area contributed by atoms with Gasteiger partial charge in [-0.05, 0) is 76.4 Å². The molecule has 150 valence electrons. The van der Waals surface area contributed by atoms with Gasteiger partial charge in [0, 0.05) is 12.0 Å². The van der Waals surface area contributed by atoms with E-state index in [-0.39, 0.29) is 0 Å². The van der Waals surface area contributed by atoms with E-state index in [9.17, 15) is 4.79 Å². The predicted molar refractivity (Wildman–Crippen MR) is 121 cm³/mol. The highest BCUT2D eigenvalue weighted by Gasteiger charge is 2.26. The Kier molecular flexibility index (Phi) is 5.99. The average Bonchev–Trinajstić information content (AvgIpc) is 2.80. The van der Waals surface area contributed by atoms with Crippen LogP contribution in [0.15, 0.2) is 48.8 Å². The minimum Gasteiger partial charge on any atom is -0.497 e. The molecule has 0 radical (unpaired) electrons. The van der Waals surface area contributed by atoms with Crippen LogP contribution in [0.1, 0.15) is 67.8 Å². The number of allylic oxidation sites excluding steroid dienone is 2. The average molecular weight is 387 g/mol. The molecule has 0 saturated carbocycles. The molecule has 3 aliphatic rings. The normalized spacial score (nSPS) is 21.8. The molecule has 2 nitrogen and oxygen atoms in total. The summed E-state index contributed by atoms with van der Waals surface area (Å²) in [5.74, 6) is 1.54. The lowest BCUT2D eigenvalue weighted by Crippen LogP contribution is -2.30. The second kappa shape index (κ2) is 8.82. The van der Waals surface area contributed by atoms with Gasteiger partial charge in [0.1, 0.15) is 6.61 Å². The van der Waals surface area contributed by atoms with Crippen LogP contribution in [0.3, 0.4) is 0 Å². The Bertz CT molecular complexity index is 1080. The third-order valence-electron chi connectivity index (χ3n) is 6.42. The molecule has 2 unspecified atom stereocenters. The molecule has 2 heteroatoms. The van der Waals surface area contributed by atoms with Crippen molar-refractivity contribution in [3.8, 4) is 0 Å². The smallest absolute Gasteiger partial charge is 0.163 e. The fourth-order valence-corrected chi connectivity index (χ4v) is 4.72. The van der Waals surface area contributed by atoms with Gasteiger partial charge in [-0.15, -0.1) is 0 Å². The lowest BCUT2D eigenvalue weighted by atomic mass is 9.78. The van der Waals surface area contributed by atoms with E-state index in [2.05, 4.69) is 50.3 Å². The molecular formula is C27H30O2. The molecule has 0 aromatic heterocycles. The van der Waals surface area contributed by atoms with Crippen LogP contribution in [0.25, 0.3) is 22.9 Å². The number of carbonyl (C=O) groups excluding carboxylic acids is 1. The molecular weight excluding hydrogens is 356 g/mol. The first kappa shape index (κ1) is 19.7. The minimum absolute atomic E-state index is 0.335. The summed E-state index contributed by atoms with van der Waals surface area (Å²) in [5, 5.41) is 5.11. The van der Waals surface area contributed by atoms with Crippen molar-refractivity contribution in [2.45, 2.75) is 51.9 Å². The van der Waals surface area contributed by atoms with Gasteiger partial charge in [-0.1, -0.05) is 56.3 Å². The van der Waals surface area contributed by atoms with Gasteiger partial charge >= 0.3 is 0 Å². The van der Waals surface area contributed by atoms with E-state index in [1.807, 2.05) is 18.2 Å². The molecule has 2 aromatic carbocycles. The van der Waals surface area contributed by atoms with Crippen molar-refractivity contribution in [1.82, 2.24) is 0 Å². The lowest BCUT2D eigenvalue weighted by molar-refractivity contribution is 0.0968. The second-order valence-electron chi connectivity index (χ2n) is 8.13. The van der Waals surface area contributed by atoms with Gasteiger partial charge in [0.15, 0.2) is 5.78 Å². The largest absolute Gasteiger partial charge is 0.497 e. The first-order valence-corrected chi connectivity index (χ1v) is 11.0. The lowest BCUT2D eigenvalue weighted by Gasteiger charge is -2.25. The van der Waals surface area contributed by atoms with E-state index >= 15 is 0 Å². The zero-order valence-corrected chi connectivity index (χ0v) is 17.5. The Labute approximate surface area is 173 Å². The summed E-state index contributed by atoms with van der Waals surface area (Å²) in [6.07, 6.45) is 17.4. The van der Waals surface area contributed by atoms with Gasteiger partial charge in [0.05, 0.1) is 6.26 Å². The fourth-order valence-electron chi connectivity index (χ4n) is 4.72. The van der Waals surface area contributed by atoms with E-state index < -0.39 is 0 Å². The molecule has 0 amide bonds. The zero-order valence-electron chi connectivity index (χ0n) is 17.5. The standard InChI is InChI=1S/C22H24O.C5H6O/c1-3-14-5-8-17-16(13-14)6-9-20-19(17)11-10-18-15(4-2)7-12-21(23)22(18)20;1-2-4-6-5-3-1/h6,8-11,13-15H,3-5,7,12H2,1-2H3;1-4H,5H2. The van der Waals surface area contributed by atoms with Crippen LogP contribution >= 0.6 is 0 Å². The molecule has 0 fully saturated rings. The molecule has 5 rings (SSSR count). The Morgan fingerprint density at radius 3 is 2.55 bits per heavy atom. The summed E-state index contributed by atoms with van der Waals surface area (Å²) in [5.41, 5.74) is 2.29. The molecule has 29 heavy (non-hydrogen) atoms. The van der Waals surface area contributed by atoms with Crippen molar-refractivity contribution >= 4 is 28.7 Å². The highest BCUT2D eigenvalue weighted by Crippen LogP contribution is 2.36. The topological polar surface area (TPSA) is 26.3 Å². The van der Waals surface area contributed by atoms with Gasteiger partial charge in [-0.25, -0.2) is 0 Å². The number of fused-ring (bicyclic) bond motifs is 5. The number of ether oxygens (including phenoxy) is 1. The van der Waals surface area contributed by atoms with Gasteiger partial charge in [-0.3, -0.25) is 4.79 Å². The van der Waals surface area contributed by atoms with E-state index in [0.29, 0.717) is 24.0 Å². The number of hydrogen-bond acceptors (Lipinski definition) is 2. The summed E-state index contributed by atoms with van der Waals surface area (Å²) in [4.78, 5) is 12.6. The van der Waals surface area contributed by atoms with Crippen LogP contribution in [0, 0.1) is 5.92 Å². The highest BCUT2D eigenvalue weighted by atomic mass is 16.5. The summed E-state index contributed by atoms with van der Waals surface area (Å²) in [6, 6.07) is 8.89.